The summed E-state index contributed by atoms with van der Waals surface area (Å²) in [6.45, 7) is 1.99. The maximum absolute atomic E-state index is 5.09. The van der Waals surface area contributed by atoms with Crippen LogP contribution in [0.4, 0.5) is 0 Å². The molecule has 0 aromatic rings. The molecule has 0 bridgehead atoms. The van der Waals surface area contributed by atoms with E-state index in [2.05, 4.69) is 10.5 Å². The topological polar surface area (TPSA) is 35.7 Å². The molecule has 3 heteroatoms. The van der Waals surface area contributed by atoms with Crippen molar-refractivity contribution in [3.05, 3.63) is 11.5 Å². The third-order valence-electron chi connectivity index (χ3n) is 2.09. The van der Waals surface area contributed by atoms with Crippen LogP contribution in [0.3, 0.4) is 0 Å². The second kappa shape index (κ2) is 2.26. The standard InChI is InChI=1S/C8H11N2O/c1-5-7(6-3-4-6)8(11-2)10-9-5/h6H,3-4H2,1-2H3. The lowest BCUT2D eigenvalue weighted by atomic mass is 10.1. The van der Waals surface area contributed by atoms with Crippen LogP contribution >= 0.6 is 0 Å². The zero-order valence-corrected chi connectivity index (χ0v) is 6.79. The van der Waals surface area contributed by atoms with Gasteiger partial charge in [-0.15, -0.1) is 5.43 Å². The number of nitrogens with zero attached hydrogens (tertiary/aromatic N) is 2. The number of hydrogen-bond acceptors (Lipinski definition) is 2. The van der Waals surface area contributed by atoms with Crippen LogP contribution in [0.1, 0.15) is 19.8 Å². The predicted octanol–water partition coefficient (Wildman–Crippen LogP) is 1.25. The molecule has 0 N–H and O–H groups in total. The van der Waals surface area contributed by atoms with Crippen LogP contribution in [0.2, 0.25) is 0 Å². The van der Waals surface area contributed by atoms with Gasteiger partial charge in [-0.05, 0) is 25.7 Å². The van der Waals surface area contributed by atoms with Gasteiger partial charge in [0, 0.05) is 5.57 Å². The molecule has 1 fully saturated rings. The fraction of sp³-hybridized carbons (Fsp3) is 0.625. The van der Waals surface area contributed by atoms with Crippen molar-refractivity contribution < 1.29 is 4.74 Å². The first-order valence-corrected chi connectivity index (χ1v) is 3.86. The SMILES string of the molecule is COC1=C(C2CC2)C(C)=N[N]1. The summed E-state index contributed by atoms with van der Waals surface area (Å²) in [5.41, 5.74) is 6.18. The van der Waals surface area contributed by atoms with Crippen molar-refractivity contribution in [1.29, 1.82) is 0 Å². The summed E-state index contributed by atoms with van der Waals surface area (Å²) in [5.74, 6) is 1.41. The molecule has 11 heavy (non-hydrogen) atoms. The molecule has 1 saturated carbocycles. The molecule has 1 aliphatic carbocycles. The molecule has 59 valence electrons. The Morgan fingerprint density at radius 1 is 1.45 bits per heavy atom. The van der Waals surface area contributed by atoms with E-state index in [4.69, 9.17) is 4.74 Å². The van der Waals surface area contributed by atoms with Gasteiger partial charge in [-0.1, -0.05) is 0 Å². The Morgan fingerprint density at radius 2 is 2.18 bits per heavy atom. The molecule has 0 unspecified atom stereocenters. The van der Waals surface area contributed by atoms with Gasteiger partial charge in [0.15, 0.2) is 0 Å². The highest BCUT2D eigenvalue weighted by Crippen LogP contribution is 2.40. The van der Waals surface area contributed by atoms with E-state index in [1.54, 1.807) is 7.11 Å². The van der Waals surface area contributed by atoms with Gasteiger partial charge < -0.3 is 4.74 Å². The molecular weight excluding hydrogens is 140 g/mol. The third-order valence-corrected chi connectivity index (χ3v) is 2.09. The highest BCUT2D eigenvalue weighted by molar-refractivity contribution is 6.00. The van der Waals surface area contributed by atoms with E-state index < -0.39 is 0 Å². The summed E-state index contributed by atoms with van der Waals surface area (Å²) in [4.78, 5) is 0. The van der Waals surface area contributed by atoms with Crippen LogP contribution in [0.5, 0.6) is 0 Å². The van der Waals surface area contributed by atoms with Crippen LogP contribution in [-0.4, -0.2) is 12.8 Å². The van der Waals surface area contributed by atoms with E-state index in [-0.39, 0.29) is 0 Å². The molecular formula is C8H11N2O. The number of hydrogen-bond donors (Lipinski definition) is 0. The highest BCUT2D eigenvalue weighted by Gasteiger charge is 2.34. The minimum absolute atomic E-state index is 0.681. The Morgan fingerprint density at radius 3 is 2.73 bits per heavy atom. The Labute approximate surface area is 66.1 Å². The van der Waals surface area contributed by atoms with Crippen LogP contribution in [-0.2, 0) is 4.74 Å². The first kappa shape index (κ1) is 6.70. The van der Waals surface area contributed by atoms with Crippen molar-refractivity contribution in [3.8, 4) is 0 Å². The Bertz CT molecular complexity index is 238. The minimum Gasteiger partial charge on any atom is -0.480 e. The molecule has 0 atom stereocenters. The van der Waals surface area contributed by atoms with Gasteiger partial charge in [0.2, 0.25) is 5.88 Å². The second-order valence-corrected chi connectivity index (χ2v) is 2.98. The number of rotatable bonds is 2. The van der Waals surface area contributed by atoms with Crippen LogP contribution in [0.25, 0.3) is 0 Å². The van der Waals surface area contributed by atoms with E-state index in [9.17, 15) is 0 Å². The van der Waals surface area contributed by atoms with Crippen molar-refractivity contribution in [2.75, 3.05) is 7.11 Å². The quantitative estimate of drug-likeness (QED) is 0.585. The summed E-state index contributed by atoms with van der Waals surface area (Å²) in [6, 6.07) is 0. The van der Waals surface area contributed by atoms with Gasteiger partial charge in [-0.3, -0.25) is 0 Å². The van der Waals surface area contributed by atoms with Crippen molar-refractivity contribution >= 4 is 5.71 Å². The zero-order valence-electron chi connectivity index (χ0n) is 6.79. The van der Waals surface area contributed by atoms with E-state index in [0.717, 1.165) is 11.6 Å². The van der Waals surface area contributed by atoms with E-state index in [0.29, 0.717) is 5.92 Å². The number of allylic oxidation sites excluding steroid dienone is 1. The first-order valence-electron chi connectivity index (χ1n) is 3.86. The zero-order chi connectivity index (χ0) is 7.84. The maximum Gasteiger partial charge on any atom is 0.238 e. The summed E-state index contributed by atoms with van der Waals surface area (Å²) in [6.07, 6.45) is 2.54. The number of methoxy groups -OCH3 is 1. The second-order valence-electron chi connectivity index (χ2n) is 2.98. The lowest BCUT2D eigenvalue weighted by Crippen LogP contribution is -2.01. The van der Waals surface area contributed by atoms with Crippen LogP contribution in [0, 0.1) is 5.92 Å². The molecule has 2 rings (SSSR count). The fourth-order valence-electron chi connectivity index (χ4n) is 1.38. The molecule has 0 aromatic carbocycles. The maximum atomic E-state index is 5.09. The highest BCUT2D eigenvalue weighted by atomic mass is 16.5. The summed E-state index contributed by atoms with van der Waals surface area (Å²) >= 11 is 0. The van der Waals surface area contributed by atoms with Crippen molar-refractivity contribution in [2.45, 2.75) is 19.8 Å². The fourth-order valence-corrected chi connectivity index (χ4v) is 1.38. The van der Waals surface area contributed by atoms with Gasteiger partial charge in [0.1, 0.15) is 0 Å². The lowest BCUT2D eigenvalue weighted by molar-refractivity contribution is 0.260. The minimum atomic E-state index is 0.681. The Balaban J connectivity index is 2.26. The average molecular weight is 151 g/mol. The monoisotopic (exact) mass is 151 g/mol. The molecule has 1 heterocycles. The van der Waals surface area contributed by atoms with E-state index in [1.165, 1.54) is 18.4 Å². The van der Waals surface area contributed by atoms with Crippen molar-refractivity contribution in [3.63, 3.8) is 0 Å². The van der Waals surface area contributed by atoms with Crippen molar-refractivity contribution in [1.82, 2.24) is 5.43 Å². The molecule has 0 aromatic heterocycles. The molecule has 0 saturated heterocycles. The molecule has 1 aliphatic heterocycles. The largest absolute Gasteiger partial charge is 0.480 e. The van der Waals surface area contributed by atoms with Gasteiger partial charge in [-0.2, -0.15) is 5.10 Å². The van der Waals surface area contributed by atoms with Gasteiger partial charge in [0.05, 0.1) is 12.8 Å². The first-order chi connectivity index (χ1) is 5.33. The molecule has 3 nitrogen and oxygen atoms in total. The molecule has 0 amide bonds. The molecule has 2 aliphatic rings. The molecule has 0 spiro atoms. The summed E-state index contributed by atoms with van der Waals surface area (Å²) < 4.78 is 5.09. The van der Waals surface area contributed by atoms with Crippen LogP contribution < -0.4 is 5.43 Å². The number of ether oxygens (including phenoxy) is 1. The predicted molar refractivity (Wildman–Crippen MR) is 42.0 cm³/mol. The lowest BCUT2D eigenvalue weighted by Gasteiger charge is -2.01. The van der Waals surface area contributed by atoms with E-state index in [1.807, 2.05) is 6.92 Å². The Hall–Kier alpha value is -0.990. The van der Waals surface area contributed by atoms with Crippen LogP contribution in [0.15, 0.2) is 16.6 Å². The van der Waals surface area contributed by atoms with Gasteiger partial charge >= 0.3 is 0 Å². The normalized spacial score (nSPS) is 23.3. The van der Waals surface area contributed by atoms with Crippen molar-refractivity contribution in [2.24, 2.45) is 11.0 Å². The average Bonchev–Trinajstić information content (AvgIpc) is 2.76. The third kappa shape index (κ3) is 1.00. The van der Waals surface area contributed by atoms with Gasteiger partial charge in [0.25, 0.3) is 0 Å². The van der Waals surface area contributed by atoms with E-state index >= 15 is 0 Å². The molecule has 1 radical (unpaired) electrons. The smallest absolute Gasteiger partial charge is 0.238 e. The summed E-state index contributed by atoms with van der Waals surface area (Å²) in [5, 5.41) is 3.97. The summed E-state index contributed by atoms with van der Waals surface area (Å²) in [7, 11) is 1.65. The van der Waals surface area contributed by atoms with Gasteiger partial charge in [-0.25, -0.2) is 0 Å². The Kier molecular flexibility index (Phi) is 1.37.